The Morgan fingerprint density at radius 3 is 2.15 bits per heavy atom. The van der Waals surface area contributed by atoms with E-state index < -0.39 is 22.5 Å². The van der Waals surface area contributed by atoms with Gasteiger partial charge in [0.25, 0.3) is 10.0 Å². The van der Waals surface area contributed by atoms with Crippen molar-refractivity contribution in [1.82, 2.24) is 5.32 Å². The molecule has 9 heteroatoms. The van der Waals surface area contributed by atoms with Gasteiger partial charge in [-0.2, -0.15) is 0 Å². The molecule has 0 atom stereocenters. The molecule has 0 aliphatic carbocycles. The van der Waals surface area contributed by atoms with Crippen molar-refractivity contribution in [3.8, 4) is 11.5 Å². The van der Waals surface area contributed by atoms with Gasteiger partial charge in [0.2, 0.25) is 5.91 Å². The van der Waals surface area contributed by atoms with Crippen LogP contribution < -0.4 is 19.1 Å². The molecule has 1 N–H and O–H groups in total. The number of rotatable bonds is 11. The number of hydrogen-bond acceptors (Lipinski definition) is 5. The number of carbonyl (C=O) groups is 1. The molecule has 174 valence electrons. The Morgan fingerprint density at radius 1 is 0.909 bits per heavy atom. The summed E-state index contributed by atoms with van der Waals surface area (Å²) in [7, 11) is -4.01. The van der Waals surface area contributed by atoms with Crippen molar-refractivity contribution in [3.05, 3.63) is 84.7 Å². The number of para-hydroxylation sites is 1. The topological polar surface area (TPSA) is 84.9 Å². The van der Waals surface area contributed by atoms with Gasteiger partial charge in [-0.15, -0.1) is 0 Å². The number of nitrogens with zero attached hydrogens (tertiary/aromatic N) is 1. The van der Waals surface area contributed by atoms with E-state index in [4.69, 9.17) is 9.47 Å². The molecule has 0 bridgehead atoms. The molecule has 0 saturated heterocycles. The Hall–Kier alpha value is -3.59. The van der Waals surface area contributed by atoms with Gasteiger partial charge in [0.15, 0.2) is 0 Å². The summed E-state index contributed by atoms with van der Waals surface area (Å²) in [5.74, 6) is 0.165. The molecule has 33 heavy (non-hydrogen) atoms. The second-order valence-corrected chi connectivity index (χ2v) is 8.77. The lowest BCUT2D eigenvalue weighted by Gasteiger charge is -2.24. The number of hydrogen-bond donors (Lipinski definition) is 1. The lowest BCUT2D eigenvalue weighted by molar-refractivity contribution is -0.119. The zero-order valence-corrected chi connectivity index (χ0v) is 18.9. The van der Waals surface area contributed by atoms with E-state index in [2.05, 4.69) is 5.32 Å². The molecule has 0 aromatic heterocycles. The van der Waals surface area contributed by atoms with E-state index in [9.17, 15) is 17.6 Å². The number of anilines is 1. The van der Waals surface area contributed by atoms with Crippen LogP contribution in [0.1, 0.15) is 6.92 Å². The number of benzene rings is 3. The van der Waals surface area contributed by atoms with Crippen LogP contribution in [0.5, 0.6) is 11.5 Å². The Kier molecular flexibility index (Phi) is 8.26. The third-order valence-corrected chi connectivity index (χ3v) is 6.35. The molecule has 3 rings (SSSR count). The average molecular weight is 473 g/mol. The van der Waals surface area contributed by atoms with Crippen molar-refractivity contribution in [1.29, 1.82) is 0 Å². The largest absolute Gasteiger partial charge is 0.494 e. The normalized spacial score (nSPS) is 11.0. The fourth-order valence-electron chi connectivity index (χ4n) is 2.99. The van der Waals surface area contributed by atoms with E-state index in [1.807, 2.05) is 6.92 Å². The number of nitrogens with one attached hydrogen (secondary N) is 1. The molecule has 0 radical (unpaired) electrons. The number of sulfonamides is 1. The Bertz CT molecular complexity index is 1140. The maximum atomic E-state index is 13.3. The second kappa shape index (κ2) is 11.3. The van der Waals surface area contributed by atoms with Crippen molar-refractivity contribution in [2.75, 3.05) is 30.6 Å². The molecule has 3 aromatic carbocycles. The molecule has 7 nitrogen and oxygen atoms in total. The smallest absolute Gasteiger partial charge is 0.264 e. The molecule has 0 saturated carbocycles. The van der Waals surface area contributed by atoms with E-state index in [0.29, 0.717) is 23.8 Å². The molecule has 0 aliphatic rings. The number of ether oxygens (including phenoxy) is 2. The van der Waals surface area contributed by atoms with Gasteiger partial charge in [-0.1, -0.05) is 18.2 Å². The highest BCUT2D eigenvalue weighted by Gasteiger charge is 2.27. The molecule has 1 amide bonds. The highest BCUT2D eigenvalue weighted by molar-refractivity contribution is 7.92. The zero-order chi connectivity index (χ0) is 23.7. The van der Waals surface area contributed by atoms with Crippen molar-refractivity contribution in [2.45, 2.75) is 11.8 Å². The van der Waals surface area contributed by atoms with Crippen LogP contribution in [0.2, 0.25) is 0 Å². The van der Waals surface area contributed by atoms with Gasteiger partial charge in [0.05, 0.1) is 23.7 Å². The van der Waals surface area contributed by atoms with Crippen LogP contribution in [0, 0.1) is 5.82 Å². The third kappa shape index (κ3) is 6.69. The van der Waals surface area contributed by atoms with Crippen molar-refractivity contribution < 1.29 is 27.1 Å². The van der Waals surface area contributed by atoms with Gasteiger partial charge >= 0.3 is 0 Å². The van der Waals surface area contributed by atoms with Crippen molar-refractivity contribution in [3.63, 3.8) is 0 Å². The van der Waals surface area contributed by atoms with E-state index in [1.54, 1.807) is 42.5 Å². The maximum absolute atomic E-state index is 13.3. The lowest BCUT2D eigenvalue weighted by Crippen LogP contribution is -2.41. The summed E-state index contributed by atoms with van der Waals surface area (Å²) in [5.41, 5.74) is 0.365. The Labute approximate surface area is 192 Å². The summed E-state index contributed by atoms with van der Waals surface area (Å²) in [5, 5.41) is 2.65. The monoisotopic (exact) mass is 472 g/mol. The first-order chi connectivity index (χ1) is 15.9. The van der Waals surface area contributed by atoms with Gasteiger partial charge in [-0.3, -0.25) is 9.10 Å². The summed E-state index contributed by atoms with van der Waals surface area (Å²) in [6.45, 7) is 2.20. The van der Waals surface area contributed by atoms with Crippen LogP contribution in [0.4, 0.5) is 10.1 Å². The Morgan fingerprint density at radius 2 is 1.52 bits per heavy atom. The first kappa shape index (κ1) is 24.1. The number of amides is 1. The molecular formula is C24H25FN2O5S. The van der Waals surface area contributed by atoms with Crippen LogP contribution in [0.25, 0.3) is 0 Å². The molecule has 0 heterocycles. The fourth-order valence-corrected chi connectivity index (χ4v) is 4.41. The SMILES string of the molecule is CCOc1ccc(S(=O)(=O)N(CC(=O)NCCOc2ccc(F)cc2)c2ccccc2)cc1. The van der Waals surface area contributed by atoms with E-state index in [-0.39, 0.29) is 23.9 Å². The minimum Gasteiger partial charge on any atom is -0.494 e. The van der Waals surface area contributed by atoms with Gasteiger partial charge in [0.1, 0.15) is 30.5 Å². The zero-order valence-electron chi connectivity index (χ0n) is 18.1. The summed E-state index contributed by atoms with van der Waals surface area (Å²) in [6, 6.07) is 20.0. The summed E-state index contributed by atoms with van der Waals surface area (Å²) in [6.07, 6.45) is 0. The molecule has 0 fully saturated rings. The highest BCUT2D eigenvalue weighted by atomic mass is 32.2. The Balaban J connectivity index is 1.67. The quantitative estimate of drug-likeness (QED) is 0.431. The van der Waals surface area contributed by atoms with Crippen molar-refractivity contribution >= 4 is 21.6 Å². The standard InChI is InChI=1S/C24H25FN2O5S/c1-2-31-21-12-14-23(15-13-21)33(29,30)27(20-6-4-3-5-7-20)18-24(28)26-16-17-32-22-10-8-19(25)9-11-22/h3-15H,2,16-18H2,1H3,(H,26,28). The van der Waals surface area contributed by atoms with Gasteiger partial charge in [-0.05, 0) is 67.6 Å². The third-order valence-electron chi connectivity index (χ3n) is 4.56. The predicted molar refractivity (Wildman–Crippen MR) is 123 cm³/mol. The second-order valence-electron chi connectivity index (χ2n) is 6.90. The average Bonchev–Trinajstić information content (AvgIpc) is 2.82. The molecule has 0 unspecified atom stereocenters. The van der Waals surface area contributed by atoms with Crippen LogP contribution in [-0.4, -0.2) is 40.6 Å². The minimum atomic E-state index is -4.01. The first-order valence-electron chi connectivity index (χ1n) is 10.4. The summed E-state index contributed by atoms with van der Waals surface area (Å²) in [4.78, 5) is 12.6. The van der Waals surface area contributed by atoms with Crippen LogP contribution in [-0.2, 0) is 14.8 Å². The highest BCUT2D eigenvalue weighted by Crippen LogP contribution is 2.25. The maximum Gasteiger partial charge on any atom is 0.264 e. The lowest BCUT2D eigenvalue weighted by atomic mass is 10.3. The first-order valence-corrected chi connectivity index (χ1v) is 11.8. The molecular weight excluding hydrogens is 447 g/mol. The van der Waals surface area contributed by atoms with Crippen LogP contribution in [0.3, 0.4) is 0 Å². The van der Waals surface area contributed by atoms with Crippen molar-refractivity contribution in [2.24, 2.45) is 0 Å². The molecule has 0 aliphatic heterocycles. The summed E-state index contributed by atoms with van der Waals surface area (Å²) < 4.78 is 51.5. The summed E-state index contributed by atoms with van der Waals surface area (Å²) >= 11 is 0. The van der Waals surface area contributed by atoms with Gasteiger partial charge in [0, 0.05) is 0 Å². The van der Waals surface area contributed by atoms with Gasteiger partial charge < -0.3 is 14.8 Å². The van der Waals surface area contributed by atoms with E-state index in [1.165, 1.54) is 36.4 Å². The van der Waals surface area contributed by atoms with E-state index in [0.717, 1.165) is 4.31 Å². The molecule has 3 aromatic rings. The fraction of sp³-hybridized carbons (Fsp3) is 0.208. The van der Waals surface area contributed by atoms with Crippen LogP contribution >= 0.6 is 0 Å². The van der Waals surface area contributed by atoms with E-state index >= 15 is 0 Å². The minimum absolute atomic E-state index is 0.0437. The van der Waals surface area contributed by atoms with Gasteiger partial charge in [-0.25, -0.2) is 12.8 Å². The predicted octanol–water partition coefficient (Wildman–Crippen LogP) is 3.61. The van der Waals surface area contributed by atoms with Crippen LogP contribution in [0.15, 0.2) is 83.8 Å². The molecule has 0 spiro atoms. The number of halogens is 1. The number of carbonyl (C=O) groups excluding carboxylic acids is 1.